The molecule has 0 N–H and O–H groups in total. The molecule has 0 bridgehead atoms. The average molecular weight is 819 g/mol. The molecule has 0 unspecified atom stereocenters. The van der Waals surface area contributed by atoms with Crippen molar-refractivity contribution in [3.8, 4) is 55.9 Å². The second kappa shape index (κ2) is 16.2. The smallest absolute Gasteiger partial charge is 0.0547 e. The highest BCUT2D eigenvalue weighted by Gasteiger charge is 2.16. The second-order valence-electron chi connectivity index (χ2n) is 16.6. The van der Waals surface area contributed by atoms with E-state index in [0.717, 1.165) is 22.5 Å². The van der Waals surface area contributed by atoms with Crippen LogP contribution in [-0.4, -0.2) is 9.13 Å². The predicted octanol–water partition coefficient (Wildman–Crippen LogP) is 17.0. The molecular weight excluding hydrogens is 773 g/mol. The van der Waals surface area contributed by atoms with E-state index in [9.17, 15) is 0 Å². The van der Waals surface area contributed by atoms with Gasteiger partial charge in [-0.05, 0) is 136 Å². The Morgan fingerprint density at radius 1 is 0.391 bits per heavy atom. The summed E-state index contributed by atoms with van der Waals surface area (Å²) in [6.45, 7) is 8.30. The average Bonchev–Trinajstić information content (AvgIpc) is 3.87. The van der Waals surface area contributed by atoms with Crippen LogP contribution in [0.1, 0.15) is 18.1 Å². The summed E-state index contributed by atoms with van der Waals surface area (Å²) in [7, 11) is 0. The van der Waals surface area contributed by atoms with Crippen molar-refractivity contribution in [2.24, 2.45) is 0 Å². The molecule has 0 saturated heterocycles. The fourth-order valence-corrected chi connectivity index (χ4v) is 9.45. The predicted molar refractivity (Wildman–Crippen MR) is 275 cm³/mol. The monoisotopic (exact) mass is 818 g/mol. The molecule has 64 heavy (non-hydrogen) atoms. The van der Waals surface area contributed by atoms with Crippen molar-refractivity contribution in [2.75, 3.05) is 0 Å². The second-order valence-corrected chi connectivity index (χ2v) is 16.6. The van der Waals surface area contributed by atoms with Crippen LogP contribution in [0.25, 0.3) is 105 Å². The van der Waals surface area contributed by atoms with Crippen LogP contribution in [0, 0.1) is 6.92 Å². The third kappa shape index (κ3) is 6.87. The van der Waals surface area contributed by atoms with E-state index in [1.165, 1.54) is 93.7 Å². The minimum atomic E-state index is 1.09. The van der Waals surface area contributed by atoms with Crippen molar-refractivity contribution in [3.63, 3.8) is 0 Å². The molecule has 11 rings (SSSR count). The highest BCUT2D eigenvalue weighted by Crippen LogP contribution is 2.39. The number of hydrogen-bond acceptors (Lipinski definition) is 0. The van der Waals surface area contributed by atoms with Crippen LogP contribution < -0.4 is 0 Å². The van der Waals surface area contributed by atoms with Gasteiger partial charge in [0.25, 0.3) is 0 Å². The standard InChI is InChI=1S/C62H46N2/c1-4-6-14-43(5-2)48-29-35-57-55-17-10-12-19-59(55)63(61(57)40-48)53-31-25-46(26-32-53)51-37-50(45-23-21-42(3)22-24-45)38-52(39-51)47-27-33-54(34-28-47)64-60-20-13-11-18-56(60)58-36-30-49(41-62(58)64)44-15-8-7-9-16-44/h4-41H,2H2,1,3H3/b6-4-,43-14+. The zero-order valence-corrected chi connectivity index (χ0v) is 36.0. The highest BCUT2D eigenvalue weighted by atomic mass is 15.0. The van der Waals surface area contributed by atoms with Crippen LogP contribution in [0.15, 0.2) is 237 Å². The maximum absolute atomic E-state index is 4.12. The number of fused-ring (bicyclic) bond motifs is 6. The van der Waals surface area contributed by atoms with Gasteiger partial charge < -0.3 is 9.13 Å². The van der Waals surface area contributed by atoms with Crippen molar-refractivity contribution >= 4 is 49.2 Å². The maximum Gasteiger partial charge on any atom is 0.0547 e. The molecule has 0 saturated carbocycles. The first-order valence-electron chi connectivity index (χ1n) is 22.1. The lowest BCUT2D eigenvalue weighted by atomic mass is 9.93. The molecule has 0 radical (unpaired) electrons. The number of rotatable bonds is 9. The summed E-state index contributed by atoms with van der Waals surface area (Å²) in [5, 5.41) is 4.98. The lowest BCUT2D eigenvalue weighted by Gasteiger charge is -2.14. The first kappa shape index (κ1) is 38.7. The Kier molecular flexibility index (Phi) is 9.83. The minimum absolute atomic E-state index is 1.09. The van der Waals surface area contributed by atoms with Crippen LogP contribution in [0.3, 0.4) is 0 Å². The molecule has 0 spiro atoms. The Morgan fingerprint density at radius 3 is 1.36 bits per heavy atom. The van der Waals surface area contributed by atoms with Crippen molar-refractivity contribution in [1.29, 1.82) is 0 Å². The molecule has 0 amide bonds. The first-order valence-corrected chi connectivity index (χ1v) is 22.1. The number of benzene rings is 9. The van der Waals surface area contributed by atoms with Crippen LogP contribution in [0.4, 0.5) is 0 Å². The molecule has 2 heteroatoms. The minimum Gasteiger partial charge on any atom is -0.309 e. The van der Waals surface area contributed by atoms with E-state index in [4.69, 9.17) is 0 Å². The van der Waals surface area contributed by atoms with Gasteiger partial charge in [-0.1, -0.05) is 176 Å². The highest BCUT2D eigenvalue weighted by molar-refractivity contribution is 6.11. The Labute approximate surface area is 374 Å². The molecule has 0 atom stereocenters. The lowest BCUT2D eigenvalue weighted by Crippen LogP contribution is -1.95. The van der Waals surface area contributed by atoms with Gasteiger partial charge in [-0.25, -0.2) is 0 Å². The third-order valence-corrected chi connectivity index (χ3v) is 12.7. The summed E-state index contributed by atoms with van der Waals surface area (Å²) in [5.74, 6) is 0. The summed E-state index contributed by atoms with van der Waals surface area (Å²) >= 11 is 0. The van der Waals surface area contributed by atoms with Crippen molar-refractivity contribution in [1.82, 2.24) is 9.13 Å². The molecule has 0 aliphatic carbocycles. The number of hydrogen-bond donors (Lipinski definition) is 0. The normalized spacial score (nSPS) is 12.0. The van der Waals surface area contributed by atoms with Gasteiger partial charge >= 0.3 is 0 Å². The van der Waals surface area contributed by atoms with Gasteiger partial charge in [0.15, 0.2) is 0 Å². The first-order chi connectivity index (χ1) is 31.5. The molecular formula is C62H46N2. The number of allylic oxidation sites excluding steroid dienone is 5. The van der Waals surface area contributed by atoms with Gasteiger partial charge in [-0.3, -0.25) is 0 Å². The maximum atomic E-state index is 4.12. The summed E-state index contributed by atoms with van der Waals surface area (Å²) in [4.78, 5) is 0. The molecule has 2 nitrogen and oxygen atoms in total. The Morgan fingerprint density at radius 2 is 0.828 bits per heavy atom. The molecule has 2 heterocycles. The zero-order chi connectivity index (χ0) is 43.1. The van der Waals surface area contributed by atoms with Gasteiger partial charge in [0.05, 0.1) is 22.1 Å². The van der Waals surface area contributed by atoms with Gasteiger partial charge in [-0.2, -0.15) is 0 Å². The van der Waals surface area contributed by atoms with Crippen LogP contribution in [0.5, 0.6) is 0 Å². The van der Waals surface area contributed by atoms with E-state index >= 15 is 0 Å². The van der Waals surface area contributed by atoms with Crippen molar-refractivity contribution in [2.45, 2.75) is 13.8 Å². The third-order valence-electron chi connectivity index (χ3n) is 12.7. The van der Waals surface area contributed by atoms with Crippen LogP contribution >= 0.6 is 0 Å². The van der Waals surface area contributed by atoms with E-state index in [1.807, 2.05) is 19.1 Å². The number of aryl methyl sites for hydroxylation is 1. The quantitative estimate of drug-likeness (QED) is 0.128. The number of para-hydroxylation sites is 2. The molecule has 0 aliphatic heterocycles. The van der Waals surface area contributed by atoms with E-state index < -0.39 is 0 Å². The summed E-state index contributed by atoms with van der Waals surface area (Å²) < 4.78 is 4.80. The Bertz CT molecular complexity index is 3590. The zero-order valence-electron chi connectivity index (χ0n) is 36.0. The molecule has 2 aromatic heterocycles. The van der Waals surface area contributed by atoms with Crippen LogP contribution in [0.2, 0.25) is 0 Å². The van der Waals surface area contributed by atoms with Gasteiger partial charge in [-0.15, -0.1) is 0 Å². The van der Waals surface area contributed by atoms with E-state index in [1.54, 1.807) is 0 Å². The van der Waals surface area contributed by atoms with E-state index in [0.29, 0.717) is 0 Å². The fraction of sp³-hybridized carbons (Fsp3) is 0.0323. The Balaban J connectivity index is 1.00. The van der Waals surface area contributed by atoms with Gasteiger partial charge in [0.1, 0.15) is 0 Å². The van der Waals surface area contributed by atoms with Gasteiger partial charge in [0.2, 0.25) is 0 Å². The van der Waals surface area contributed by atoms with E-state index in [2.05, 4.69) is 241 Å². The van der Waals surface area contributed by atoms with Gasteiger partial charge in [0, 0.05) is 32.9 Å². The molecule has 9 aromatic carbocycles. The Hall–Kier alpha value is -8.20. The SMILES string of the molecule is C=C/C(=C\C=C/C)c1ccc2c3ccccc3n(-c3ccc(-c4cc(-c5ccc(C)cc5)cc(-c5ccc(-n6c7ccccc7c7ccc(-c8ccccc8)cc76)cc5)c4)cc3)c2c1. The summed E-state index contributed by atoms with van der Waals surface area (Å²) in [5.41, 5.74) is 20.0. The molecule has 304 valence electrons. The molecule has 11 aromatic rings. The molecule has 0 fully saturated rings. The van der Waals surface area contributed by atoms with Crippen molar-refractivity contribution in [3.05, 3.63) is 248 Å². The summed E-state index contributed by atoms with van der Waals surface area (Å²) in [6.07, 6.45) is 8.17. The number of aromatic nitrogens is 2. The van der Waals surface area contributed by atoms with Crippen LogP contribution in [-0.2, 0) is 0 Å². The fourth-order valence-electron chi connectivity index (χ4n) is 9.45. The van der Waals surface area contributed by atoms with E-state index in [-0.39, 0.29) is 0 Å². The number of nitrogens with zero attached hydrogens (tertiary/aromatic N) is 2. The summed E-state index contributed by atoms with van der Waals surface area (Å²) in [6, 6.07) is 75.7. The lowest BCUT2D eigenvalue weighted by molar-refractivity contribution is 1.18. The topological polar surface area (TPSA) is 9.86 Å². The molecule has 0 aliphatic rings. The largest absolute Gasteiger partial charge is 0.309 e. The van der Waals surface area contributed by atoms with Crippen molar-refractivity contribution < 1.29 is 0 Å².